The Balaban J connectivity index is -0.000000106. The fourth-order valence-corrected chi connectivity index (χ4v) is 10.7. The van der Waals surface area contributed by atoms with Gasteiger partial charge >= 0.3 is 90.4 Å². The van der Waals surface area contributed by atoms with Crippen molar-refractivity contribution in [1.82, 2.24) is 30.2 Å². The van der Waals surface area contributed by atoms with E-state index >= 15 is 0 Å². The molecular weight excluding hydrogens is 2450 g/mol. The predicted octanol–water partition coefficient (Wildman–Crippen LogP) is 15.6. The molecule has 28 heteroatoms. The minimum absolute atomic E-state index is 0. The Labute approximate surface area is 756 Å². The molecule has 7 aliphatic rings. The molecule has 7 rings (SSSR count). The van der Waals surface area contributed by atoms with E-state index < -0.39 is 5.60 Å². The van der Waals surface area contributed by atoms with Crippen LogP contribution in [0.25, 0.3) is 21.3 Å². The van der Waals surface area contributed by atoms with Crippen molar-refractivity contribution in [3.8, 4) is 0 Å². The van der Waals surface area contributed by atoms with Gasteiger partial charge in [0.25, 0.3) is 0 Å². The molecule has 0 radical (unpaired) electrons. The van der Waals surface area contributed by atoms with Crippen molar-refractivity contribution in [3.63, 3.8) is 0 Å². The number of hydrogen-bond acceptors (Lipinski definition) is 14. The number of aliphatic hydroxyl groups is 2. The zero-order valence-electron chi connectivity index (χ0n) is 69.7. The van der Waals surface area contributed by atoms with Crippen LogP contribution in [0.1, 0.15) is 166 Å². The Hall–Kier alpha value is 4.17. The molecule has 4 N–H and O–H groups in total. The Morgan fingerprint density at radius 3 is 0.885 bits per heavy atom. The fraction of sp³-hybridized carbons (Fsp3) is 0.934. The normalized spacial score (nSPS) is 17.8. The number of nitrogens with zero attached hydrogens (tertiary/aromatic N) is 8. The third kappa shape index (κ3) is 74.9. The first-order valence-electron chi connectivity index (χ1n) is 36.4. The van der Waals surface area contributed by atoms with Crippen molar-refractivity contribution < 1.29 is 159 Å². The van der Waals surface area contributed by atoms with Gasteiger partial charge in [-0.3, -0.25) is 0 Å². The molecule has 0 saturated carbocycles. The predicted molar refractivity (Wildman–Crippen MR) is 441 cm³/mol. The number of amides is 1. The van der Waals surface area contributed by atoms with E-state index in [2.05, 4.69) is 185 Å². The maximum atomic E-state index is 11.8. The van der Waals surface area contributed by atoms with Gasteiger partial charge in [0.2, 0.25) is 0 Å². The van der Waals surface area contributed by atoms with Crippen LogP contribution >= 0.6 is 60.2 Å². The average molecular weight is 2610 g/mol. The number of ether oxygens (including phenoxy) is 6. The number of carbonyl (C=O) groups is 1. The second kappa shape index (κ2) is 83.6. The minimum atomic E-state index is -0.410. The van der Waals surface area contributed by atoms with Gasteiger partial charge in [-0.15, -0.1) is 64.8 Å². The van der Waals surface area contributed by atoms with E-state index in [-0.39, 0.29) is 175 Å². The molecule has 0 aliphatic carbocycles. The average Bonchev–Trinajstić information content (AvgIpc) is 0.897. The van der Waals surface area contributed by atoms with Gasteiger partial charge in [-0.25, -0.2) is 4.79 Å². The summed E-state index contributed by atoms with van der Waals surface area (Å²) < 4.78 is 33.4. The van der Waals surface area contributed by atoms with Gasteiger partial charge in [-0.05, 0) is 217 Å². The van der Waals surface area contributed by atoms with Gasteiger partial charge < -0.3 is 120 Å². The molecule has 7 heterocycles. The van der Waals surface area contributed by atoms with Crippen LogP contribution < -0.4 is 10.6 Å². The monoisotopic (exact) mass is 2600 g/mol. The fourth-order valence-electron chi connectivity index (χ4n) is 10.1. The summed E-state index contributed by atoms with van der Waals surface area (Å²) in [5.41, 5.74) is 0.241. The van der Waals surface area contributed by atoms with E-state index in [1.54, 1.807) is 4.90 Å². The van der Waals surface area contributed by atoms with Crippen LogP contribution in [0.15, 0.2) is 0 Å². The topological polar surface area (TPSA) is 206 Å². The van der Waals surface area contributed by atoms with E-state index in [0.29, 0.717) is 36.5 Å². The number of hydrogen-bond donors (Lipinski definition) is 4. The molecule has 0 bridgehead atoms. The molecule has 19 nitrogen and oxygen atoms in total. The maximum absolute atomic E-state index is 11.8. The molecule has 0 aromatic carbocycles. The maximum Gasteiger partial charge on any atom is 2.00 e. The van der Waals surface area contributed by atoms with Crippen molar-refractivity contribution in [2.24, 2.45) is 41.4 Å². The van der Waals surface area contributed by atoms with Crippen LogP contribution in [0.5, 0.6) is 0 Å². The molecule has 7 fully saturated rings. The van der Waals surface area contributed by atoms with Crippen LogP contribution in [0, 0.1) is 102 Å². The summed E-state index contributed by atoms with van der Waals surface area (Å²) in [6.07, 6.45) is 17.4. The van der Waals surface area contributed by atoms with Crippen molar-refractivity contribution in [3.05, 3.63) is 51.0 Å². The molecule has 0 aromatic rings. The molecule has 0 unspecified atom stereocenters. The van der Waals surface area contributed by atoms with Gasteiger partial charge in [0, 0.05) is 123 Å². The number of likely N-dealkylation sites (tertiary alicyclic amines) is 1. The number of aliphatic hydroxyl groups excluding tert-OH is 2. The van der Waals surface area contributed by atoms with Crippen molar-refractivity contribution in [2.45, 2.75) is 188 Å². The zero-order valence-corrected chi connectivity index (χ0v) is 91.1. The summed E-state index contributed by atoms with van der Waals surface area (Å²) in [6, 6.07) is 0. The second-order valence-corrected chi connectivity index (χ2v) is 32.3. The minimum Gasteiger partial charge on any atom is -0.662 e. The van der Waals surface area contributed by atoms with Crippen LogP contribution in [0.4, 0.5) is 4.79 Å². The van der Waals surface area contributed by atoms with Gasteiger partial charge in [-0.2, -0.15) is 0 Å². The number of nitrogens with one attached hydrogen (secondary N) is 2. The first kappa shape index (κ1) is 132. The standard InChI is InChI=1S/C13H24BrNO3.2C12H25N2O.C8H16BrNO.C8H15BrNO.C7H17N.C6H13NO.C6H12NO.4CH3.ClH.U.4W/c1-13(2,3)18-12(16)15-7-4-11(5-8-15)10-17-9-6-14;2*1-12(2,14(3)4)10-15-9-11-5-7-13-8-6-11;2*9-3-6-11-7-8-1-4-10-5-2-8;1-6-7(2,3)8(4)5;2*8-5-6-1-3-7-4-2-6;;;;;;;;;;/h11H,4-10H2,1-3H3;2*11H,5-10H2,1-4H3;8,10H,1-7H2;8H,1-7H2;6H2,1-5H3;6-8H,1-5H2;6,8H,1-5H2;4*1H3;1H;;;;;/q;2*-1;;-1;;;5*-1;;;4*+2. The van der Waals surface area contributed by atoms with Gasteiger partial charge in [-0.1, -0.05) is 106 Å². The van der Waals surface area contributed by atoms with E-state index in [0.717, 1.165) is 223 Å². The molecule has 1 amide bonds. The molecule has 0 spiro atoms. The Morgan fingerprint density at radius 1 is 0.423 bits per heavy atom. The quantitative estimate of drug-likeness (QED) is 0.0361. The van der Waals surface area contributed by atoms with Crippen molar-refractivity contribution in [1.29, 1.82) is 0 Å². The van der Waals surface area contributed by atoms with Crippen molar-refractivity contribution in [2.75, 3.05) is 229 Å². The molecule has 104 heavy (non-hydrogen) atoms. The Bertz CT molecular complexity index is 1630. The van der Waals surface area contributed by atoms with Crippen LogP contribution in [0.2, 0.25) is 0 Å². The van der Waals surface area contributed by atoms with Crippen LogP contribution in [-0.4, -0.2) is 287 Å². The smallest absolute Gasteiger partial charge is 0.662 e. The van der Waals surface area contributed by atoms with E-state index in [1.807, 2.05) is 20.8 Å². The molecule has 624 valence electrons. The molecular formula is C76H160Br3ClN10O9UW4. The van der Waals surface area contributed by atoms with Crippen LogP contribution in [-0.2, 0) is 113 Å². The number of carbonyl (C=O) groups excluding carboxylic acids is 1. The third-order valence-corrected chi connectivity index (χ3v) is 20.1. The van der Waals surface area contributed by atoms with Gasteiger partial charge in [0.05, 0.1) is 33.0 Å². The number of rotatable bonds is 26. The second-order valence-electron chi connectivity index (χ2n) is 29.9. The Morgan fingerprint density at radius 2 is 0.663 bits per heavy atom. The van der Waals surface area contributed by atoms with E-state index in [9.17, 15) is 4.79 Å². The molecule has 7 saturated heterocycles. The zero-order chi connectivity index (χ0) is 70.5. The van der Waals surface area contributed by atoms with Gasteiger partial charge in [0.1, 0.15) is 5.60 Å². The summed E-state index contributed by atoms with van der Waals surface area (Å²) >= 11 is 10.0. The first-order chi connectivity index (χ1) is 44.7. The van der Waals surface area contributed by atoms with Crippen LogP contribution in [0.3, 0.4) is 0 Å². The largest absolute Gasteiger partial charge is 2.00 e. The first-order valence-corrected chi connectivity index (χ1v) is 39.8. The summed E-state index contributed by atoms with van der Waals surface area (Å²) in [6.45, 7) is 44.7. The summed E-state index contributed by atoms with van der Waals surface area (Å²) in [5, 5.41) is 43.8. The summed E-state index contributed by atoms with van der Waals surface area (Å²) in [4.78, 5) is 20.3. The number of halogens is 4. The SMILES string of the molecule is BrCCOCC1CCNCC1.BrCCOCC1CC[N-]CC1.CC(C)(C)OC(=O)N1CCC(COCCBr)CC1.CCC(C)(C)N(C)C.CN(C)C(C)(C)COCC1CC[N-]CC1.CN(C)C(C)(C)COCC1CC[N-]CC1.Cl.OCC1CCNCC1.OCC1CC[N-]CC1.[CH3-].[CH3-].[CH3-].[CH3-].[U].[W+2].[W+2].[W+2].[W+2]. The Kier molecular flexibility index (Phi) is 106. The van der Waals surface area contributed by atoms with Crippen molar-refractivity contribution >= 4 is 66.3 Å². The summed E-state index contributed by atoms with van der Waals surface area (Å²) in [5.74, 6) is 4.74. The number of alkyl halides is 3. The third-order valence-electron chi connectivity index (χ3n) is 19.1. The molecule has 0 aromatic heterocycles. The summed E-state index contributed by atoms with van der Waals surface area (Å²) in [7, 11) is 12.6. The van der Waals surface area contributed by atoms with Gasteiger partial charge in [0.15, 0.2) is 0 Å². The number of piperidine rings is 7. The molecule has 0 atom stereocenters. The molecule has 7 aliphatic heterocycles. The van der Waals surface area contributed by atoms with E-state index in [1.165, 1.54) is 70.9 Å². The van der Waals surface area contributed by atoms with E-state index in [4.69, 9.17) is 38.6 Å². The number of likely N-dealkylation sites (N-methyl/N-ethyl adjacent to an activating group) is 2.